The summed E-state index contributed by atoms with van der Waals surface area (Å²) in [5.74, 6) is -0.416. The van der Waals surface area contributed by atoms with Crippen LogP contribution >= 0.6 is 0 Å². The predicted octanol–water partition coefficient (Wildman–Crippen LogP) is 2.37. The van der Waals surface area contributed by atoms with E-state index >= 15 is 0 Å². The fraction of sp³-hybridized carbons (Fsp3) is 0.296. The van der Waals surface area contributed by atoms with Gasteiger partial charge in [-0.15, -0.1) is 0 Å². The Morgan fingerprint density at radius 3 is 2.00 bits per heavy atom. The van der Waals surface area contributed by atoms with E-state index in [9.17, 15) is 14.4 Å². The number of hydrogen-bond acceptors (Lipinski definition) is 5. The first-order chi connectivity index (χ1) is 16.6. The van der Waals surface area contributed by atoms with Crippen molar-refractivity contribution in [1.29, 1.82) is 0 Å². The summed E-state index contributed by atoms with van der Waals surface area (Å²) >= 11 is 0. The van der Waals surface area contributed by atoms with Gasteiger partial charge < -0.3 is 5.32 Å². The van der Waals surface area contributed by atoms with Crippen LogP contribution in [-0.2, 0) is 11.3 Å². The van der Waals surface area contributed by atoms with E-state index in [4.69, 9.17) is 0 Å². The number of carbonyl (C=O) groups excluding carboxylic acids is 3. The molecule has 0 atom stereocenters. The topological polar surface area (TPSA) is 73.0 Å². The normalized spacial score (nSPS) is 16.8. The third-order valence-corrected chi connectivity index (χ3v) is 6.66. The first-order valence-electron chi connectivity index (χ1n) is 11.7. The molecule has 34 heavy (non-hydrogen) atoms. The Balaban J connectivity index is 1.11. The molecule has 0 aliphatic carbocycles. The van der Waals surface area contributed by atoms with Gasteiger partial charge in [0.1, 0.15) is 0 Å². The van der Waals surface area contributed by atoms with Gasteiger partial charge in [0.25, 0.3) is 11.8 Å². The van der Waals surface area contributed by atoms with Crippen molar-refractivity contribution in [2.75, 3.05) is 45.8 Å². The molecule has 0 bridgehead atoms. The van der Waals surface area contributed by atoms with Gasteiger partial charge in [0, 0.05) is 62.3 Å². The smallest absolute Gasteiger partial charge is 0.261 e. The lowest BCUT2D eigenvalue weighted by Gasteiger charge is -2.35. The van der Waals surface area contributed by atoms with Crippen LogP contribution in [-0.4, -0.2) is 78.2 Å². The van der Waals surface area contributed by atoms with Crippen molar-refractivity contribution in [2.24, 2.45) is 0 Å². The van der Waals surface area contributed by atoms with Crippen LogP contribution in [0.2, 0.25) is 0 Å². The molecule has 2 aliphatic heterocycles. The molecule has 0 spiro atoms. The number of benzene rings is 3. The maximum Gasteiger partial charge on any atom is 0.261 e. The third kappa shape index (κ3) is 4.58. The lowest BCUT2D eigenvalue weighted by Crippen LogP contribution is -2.52. The van der Waals surface area contributed by atoms with Gasteiger partial charge in [-0.3, -0.25) is 29.1 Å². The quantitative estimate of drug-likeness (QED) is 0.553. The molecule has 1 fully saturated rings. The highest BCUT2D eigenvalue weighted by atomic mass is 16.2. The molecule has 3 aromatic carbocycles. The molecule has 7 nitrogen and oxygen atoms in total. The minimum atomic E-state index is -0.219. The fourth-order valence-corrected chi connectivity index (χ4v) is 4.75. The first kappa shape index (κ1) is 22.3. The summed E-state index contributed by atoms with van der Waals surface area (Å²) in [6, 6.07) is 21.1. The van der Waals surface area contributed by atoms with Crippen molar-refractivity contribution in [3.05, 3.63) is 83.4 Å². The minimum absolute atomic E-state index is 0.0228. The molecule has 5 rings (SSSR count). The minimum Gasteiger partial charge on any atom is -0.351 e. The molecule has 3 aromatic rings. The zero-order chi connectivity index (χ0) is 23.5. The number of rotatable bonds is 7. The molecule has 0 aromatic heterocycles. The third-order valence-electron chi connectivity index (χ3n) is 6.66. The molecule has 2 aliphatic rings. The number of nitrogens with one attached hydrogen (secondary N) is 1. The first-order valence-corrected chi connectivity index (χ1v) is 11.7. The number of nitrogens with zero attached hydrogens (tertiary/aromatic N) is 3. The summed E-state index contributed by atoms with van der Waals surface area (Å²) in [7, 11) is 0. The number of piperazine rings is 1. The summed E-state index contributed by atoms with van der Waals surface area (Å²) in [5, 5.41) is 4.65. The Bertz CT molecular complexity index is 1170. The standard InChI is InChI=1S/C27H28N4O3/c32-24(28-18-20-6-2-1-3-7-20)19-30-14-12-29(13-15-30)16-17-31-26(33)22-10-4-8-21-9-5-11-23(25(21)22)27(31)34/h1-11H,12-19H2,(H,28,32). The van der Waals surface area contributed by atoms with Crippen molar-refractivity contribution in [1.82, 2.24) is 20.0 Å². The van der Waals surface area contributed by atoms with Gasteiger partial charge in [-0.1, -0.05) is 54.6 Å². The highest BCUT2D eigenvalue weighted by Crippen LogP contribution is 2.29. The Kier molecular flexibility index (Phi) is 6.38. The summed E-state index contributed by atoms with van der Waals surface area (Å²) in [6.07, 6.45) is 0. The van der Waals surface area contributed by atoms with Crippen molar-refractivity contribution >= 4 is 28.5 Å². The summed E-state index contributed by atoms with van der Waals surface area (Å²) in [4.78, 5) is 44.2. The number of hydrogen-bond donors (Lipinski definition) is 1. The average molecular weight is 457 g/mol. The zero-order valence-corrected chi connectivity index (χ0v) is 19.1. The second kappa shape index (κ2) is 9.75. The molecular formula is C27H28N4O3. The lowest BCUT2D eigenvalue weighted by molar-refractivity contribution is -0.122. The van der Waals surface area contributed by atoms with Gasteiger partial charge in [0.2, 0.25) is 5.91 Å². The molecular weight excluding hydrogens is 428 g/mol. The molecule has 0 radical (unpaired) electrons. The van der Waals surface area contributed by atoms with Crippen LogP contribution in [0, 0.1) is 0 Å². The van der Waals surface area contributed by atoms with E-state index in [1.54, 1.807) is 12.1 Å². The second-order valence-electron chi connectivity index (χ2n) is 8.85. The number of imide groups is 1. The Morgan fingerprint density at radius 1 is 0.735 bits per heavy atom. The summed E-state index contributed by atoms with van der Waals surface area (Å²) in [6.45, 7) is 5.07. The lowest BCUT2D eigenvalue weighted by atomic mass is 9.94. The predicted molar refractivity (Wildman–Crippen MR) is 130 cm³/mol. The molecule has 174 valence electrons. The zero-order valence-electron chi connectivity index (χ0n) is 19.1. The molecule has 1 N–H and O–H groups in total. The summed E-state index contributed by atoms with van der Waals surface area (Å²) in [5.41, 5.74) is 2.28. The van der Waals surface area contributed by atoms with E-state index in [1.165, 1.54) is 4.90 Å². The summed E-state index contributed by atoms with van der Waals surface area (Å²) < 4.78 is 0. The van der Waals surface area contributed by atoms with Crippen molar-refractivity contribution < 1.29 is 14.4 Å². The fourth-order valence-electron chi connectivity index (χ4n) is 4.75. The van der Waals surface area contributed by atoms with E-state index < -0.39 is 0 Å². The number of carbonyl (C=O) groups is 3. The van der Waals surface area contributed by atoms with Crippen molar-refractivity contribution in [2.45, 2.75) is 6.54 Å². The van der Waals surface area contributed by atoms with E-state index in [0.29, 0.717) is 37.3 Å². The van der Waals surface area contributed by atoms with Crippen LogP contribution in [0.3, 0.4) is 0 Å². The maximum atomic E-state index is 13.1. The van der Waals surface area contributed by atoms with Gasteiger partial charge in [0.05, 0.1) is 6.54 Å². The number of amides is 3. The molecule has 1 saturated heterocycles. The van der Waals surface area contributed by atoms with Crippen LogP contribution < -0.4 is 5.32 Å². The van der Waals surface area contributed by atoms with E-state index in [2.05, 4.69) is 15.1 Å². The van der Waals surface area contributed by atoms with Gasteiger partial charge in [-0.2, -0.15) is 0 Å². The Labute approximate surface area is 198 Å². The molecule has 3 amide bonds. The maximum absolute atomic E-state index is 13.1. The highest BCUT2D eigenvalue weighted by Gasteiger charge is 2.32. The van der Waals surface area contributed by atoms with E-state index in [-0.39, 0.29) is 17.7 Å². The Hall–Kier alpha value is -3.55. The SMILES string of the molecule is O=C(CN1CCN(CCN2C(=O)c3cccc4cccc(c34)C2=O)CC1)NCc1ccccc1. The van der Waals surface area contributed by atoms with Crippen LogP contribution in [0.5, 0.6) is 0 Å². The van der Waals surface area contributed by atoms with Crippen molar-refractivity contribution in [3.63, 3.8) is 0 Å². The van der Waals surface area contributed by atoms with Gasteiger partial charge in [0.15, 0.2) is 0 Å². The van der Waals surface area contributed by atoms with Gasteiger partial charge >= 0.3 is 0 Å². The molecule has 7 heteroatoms. The van der Waals surface area contributed by atoms with Gasteiger partial charge in [-0.05, 0) is 23.1 Å². The largest absolute Gasteiger partial charge is 0.351 e. The monoisotopic (exact) mass is 456 g/mol. The van der Waals surface area contributed by atoms with E-state index in [1.807, 2.05) is 54.6 Å². The molecule has 0 unspecified atom stereocenters. The van der Waals surface area contributed by atoms with Crippen LogP contribution in [0.1, 0.15) is 26.3 Å². The van der Waals surface area contributed by atoms with Crippen molar-refractivity contribution in [3.8, 4) is 0 Å². The van der Waals surface area contributed by atoms with Gasteiger partial charge in [-0.25, -0.2) is 0 Å². The average Bonchev–Trinajstić information content (AvgIpc) is 2.87. The molecule has 0 saturated carbocycles. The molecule has 2 heterocycles. The Morgan fingerprint density at radius 2 is 1.35 bits per heavy atom. The highest BCUT2D eigenvalue weighted by molar-refractivity contribution is 6.25. The van der Waals surface area contributed by atoms with Crippen LogP contribution in [0.4, 0.5) is 0 Å². The second-order valence-corrected chi connectivity index (χ2v) is 8.85. The van der Waals surface area contributed by atoms with E-state index in [0.717, 1.165) is 42.5 Å². The van der Waals surface area contributed by atoms with Crippen LogP contribution in [0.15, 0.2) is 66.7 Å². The van der Waals surface area contributed by atoms with Crippen LogP contribution in [0.25, 0.3) is 10.8 Å².